The predicted octanol–water partition coefficient (Wildman–Crippen LogP) is 6.56. The minimum absolute atomic E-state index is 0.0374. The molecule has 5 aromatic rings. The molecule has 1 fully saturated rings. The second kappa shape index (κ2) is 11.3. The summed E-state index contributed by atoms with van der Waals surface area (Å²) in [6, 6.07) is 19.2. The molecule has 3 aliphatic rings. The number of benzene rings is 3. The molecule has 2 amide bonds. The van der Waals surface area contributed by atoms with Gasteiger partial charge in [0.25, 0.3) is 11.8 Å². The fraction of sp³-hybridized carbons (Fsp3) is 0.278. The van der Waals surface area contributed by atoms with Crippen molar-refractivity contribution >= 4 is 51.7 Å². The van der Waals surface area contributed by atoms with Crippen molar-refractivity contribution in [3.63, 3.8) is 0 Å². The number of aromatic nitrogens is 3. The van der Waals surface area contributed by atoms with Gasteiger partial charge in [-0.1, -0.05) is 47.5 Å². The van der Waals surface area contributed by atoms with E-state index in [-0.39, 0.29) is 28.0 Å². The fourth-order valence-corrected chi connectivity index (χ4v) is 8.56. The highest BCUT2D eigenvalue weighted by molar-refractivity contribution is 6.31. The zero-order chi connectivity index (χ0) is 33.5. The molecule has 0 aliphatic carbocycles. The summed E-state index contributed by atoms with van der Waals surface area (Å²) in [7, 11) is 1.59. The molecule has 9 nitrogen and oxygen atoms in total. The minimum atomic E-state index is -1.41. The standard InChI is InChI=1S/C36H31Cl2FN6O3/c1-4-48-20-8-5-7-19(14-20)17-44-28-16-27-23-13-18(2)22(34(46)40-3)15-26(23)43-45(27)32(28)30(21-9-6-10-25(37)31(21)39)36(44)24-11-12-29(38)41-33(24)42-35(36)47/h5-15,28,30,32H,4,16-17H2,1-3H3,(H,40,46)(H,41,42,47)/t28-,30-,32+,36+/m0/s1. The molecule has 3 aliphatic heterocycles. The summed E-state index contributed by atoms with van der Waals surface area (Å²) in [6.07, 6.45) is 0.523. The molecule has 2 aromatic heterocycles. The van der Waals surface area contributed by atoms with Gasteiger partial charge in [0.15, 0.2) is 0 Å². The number of amides is 2. The first-order valence-corrected chi connectivity index (χ1v) is 16.6. The molecule has 12 heteroatoms. The van der Waals surface area contributed by atoms with Crippen molar-refractivity contribution in [1.82, 2.24) is 25.0 Å². The van der Waals surface area contributed by atoms with Gasteiger partial charge in [-0.25, -0.2) is 9.37 Å². The number of hydrogen-bond donors (Lipinski definition) is 2. The Balaban J connectivity index is 1.40. The van der Waals surface area contributed by atoms with Crippen LogP contribution in [0.25, 0.3) is 10.9 Å². The Labute approximate surface area is 286 Å². The van der Waals surface area contributed by atoms with Crippen LogP contribution in [-0.4, -0.2) is 51.2 Å². The number of ether oxygens (including phenoxy) is 1. The number of likely N-dealkylation sites (tertiary alicyclic amines) is 1. The fourth-order valence-electron chi connectivity index (χ4n) is 8.23. The van der Waals surface area contributed by atoms with Gasteiger partial charge in [-0.3, -0.25) is 19.2 Å². The van der Waals surface area contributed by atoms with Crippen LogP contribution in [-0.2, 0) is 23.3 Å². The SMILES string of the molecule is CCOc1cccc(CN2[C@H]3Cc4c5cc(C)c(C(=O)NC)cc5nn4[C@H]3[C@H](c3cccc(Cl)c3F)[C@]23C(=O)Nc2nc(Cl)ccc23)c1. The van der Waals surface area contributed by atoms with E-state index in [1.165, 1.54) is 6.07 Å². The lowest BCUT2D eigenvalue weighted by Crippen LogP contribution is -2.52. The van der Waals surface area contributed by atoms with E-state index >= 15 is 4.39 Å². The highest BCUT2D eigenvalue weighted by Crippen LogP contribution is 2.64. The van der Waals surface area contributed by atoms with E-state index in [0.29, 0.717) is 47.6 Å². The number of carbonyl (C=O) groups is 2. The van der Waals surface area contributed by atoms with Gasteiger partial charge in [-0.05, 0) is 73.0 Å². The van der Waals surface area contributed by atoms with Crippen LogP contribution in [0.15, 0.2) is 66.7 Å². The lowest BCUT2D eigenvalue weighted by atomic mass is 9.74. The average molecular weight is 686 g/mol. The molecule has 3 aromatic carbocycles. The van der Waals surface area contributed by atoms with Crippen molar-refractivity contribution in [3.8, 4) is 5.75 Å². The summed E-state index contributed by atoms with van der Waals surface area (Å²) in [4.78, 5) is 34.1. The summed E-state index contributed by atoms with van der Waals surface area (Å²) >= 11 is 12.8. The highest BCUT2D eigenvalue weighted by Gasteiger charge is 2.69. The normalized spacial score (nSPS) is 22.5. The summed E-state index contributed by atoms with van der Waals surface area (Å²) in [5.74, 6) is -0.850. The van der Waals surface area contributed by atoms with Gasteiger partial charge in [0.05, 0.1) is 23.2 Å². The topological polar surface area (TPSA) is 101 Å². The summed E-state index contributed by atoms with van der Waals surface area (Å²) in [5.41, 5.74) is 3.38. The highest BCUT2D eigenvalue weighted by atomic mass is 35.5. The number of aryl methyl sites for hydroxylation is 1. The molecule has 4 atom stereocenters. The Bertz CT molecular complexity index is 2170. The first-order chi connectivity index (χ1) is 23.2. The number of anilines is 1. The van der Waals surface area contributed by atoms with E-state index in [0.717, 1.165) is 28.0 Å². The van der Waals surface area contributed by atoms with Crippen LogP contribution >= 0.6 is 23.2 Å². The van der Waals surface area contributed by atoms with Gasteiger partial charge in [-0.15, -0.1) is 0 Å². The van der Waals surface area contributed by atoms with Gasteiger partial charge >= 0.3 is 0 Å². The Kier molecular flexibility index (Phi) is 7.24. The number of fused-ring (bicyclic) bond motifs is 7. The Morgan fingerprint density at radius 3 is 2.75 bits per heavy atom. The van der Waals surface area contributed by atoms with E-state index in [1.807, 2.05) is 54.9 Å². The first kappa shape index (κ1) is 30.8. The van der Waals surface area contributed by atoms with Crippen molar-refractivity contribution in [2.45, 2.75) is 50.4 Å². The third-order valence-electron chi connectivity index (χ3n) is 10.1. The molecule has 1 saturated heterocycles. The smallest absolute Gasteiger partial charge is 0.251 e. The Hall–Kier alpha value is -4.51. The van der Waals surface area contributed by atoms with Gasteiger partial charge in [0.2, 0.25) is 0 Å². The number of halogens is 3. The molecule has 0 unspecified atom stereocenters. The number of pyridine rings is 1. The van der Waals surface area contributed by atoms with E-state index in [9.17, 15) is 9.59 Å². The van der Waals surface area contributed by atoms with Crippen molar-refractivity contribution in [3.05, 3.63) is 116 Å². The lowest BCUT2D eigenvalue weighted by molar-refractivity contribution is -0.128. The second-order valence-electron chi connectivity index (χ2n) is 12.5. The van der Waals surface area contributed by atoms with E-state index in [2.05, 4.69) is 20.5 Å². The van der Waals surface area contributed by atoms with Crippen molar-refractivity contribution in [2.75, 3.05) is 19.0 Å². The molecule has 0 bridgehead atoms. The number of hydrogen-bond acceptors (Lipinski definition) is 6. The molecule has 48 heavy (non-hydrogen) atoms. The molecule has 5 heterocycles. The van der Waals surface area contributed by atoms with Crippen molar-refractivity contribution in [2.24, 2.45) is 0 Å². The van der Waals surface area contributed by atoms with Gasteiger partial charge in [-0.2, -0.15) is 5.10 Å². The summed E-state index contributed by atoms with van der Waals surface area (Å²) in [5, 5.41) is 11.9. The van der Waals surface area contributed by atoms with E-state index in [4.69, 9.17) is 33.0 Å². The van der Waals surface area contributed by atoms with Crippen LogP contribution in [0.3, 0.4) is 0 Å². The maximum atomic E-state index is 16.4. The number of carbonyl (C=O) groups excluding carboxylic acids is 2. The van der Waals surface area contributed by atoms with Crippen molar-refractivity contribution < 1.29 is 18.7 Å². The molecule has 244 valence electrons. The summed E-state index contributed by atoms with van der Waals surface area (Å²) in [6.45, 7) is 4.69. The summed E-state index contributed by atoms with van der Waals surface area (Å²) < 4.78 is 24.2. The molecule has 1 spiro atoms. The largest absolute Gasteiger partial charge is 0.494 e. The predicted molar refractivity (Wildman–Crippen MR) is 181 cm³/mol. The molecule has 0 radical (unpaired) electrons. The molecular weight excluding hydrogens is 654 g/mol. The second-order valence-corrected chi connectivity index (χ2v) is 13.3. The van der Waals surface area contributed by atoms with Crippen LogP contribution < -0.4 is 15.4 Å². The Morgan fingerprint density at radius 2 is 1.96 bits per heavy atom. The zero-order valence-electron chi connectivity index (χ0n) is 26.4. The maximum absolute atomic E-state index is 16.4. The third-order valence-corrected chi connectivity index (χ3v) is 10.6. The van der Waals surface area contributed by atoms with Crippen LogP contribution in [0, 0.1) is 12.7 Å². The van der Waals surface area contributed by atoms with Crippen LogP contribution in [0.2, 0.25) is 10.2 Å². The Morgan fingerprint density at radius 1 is 1.15 bits per heavy atom. The van der Waals surface area contributed by atoms with E-state index < -0.39 is 23.3 Å². The minimum Gasteiger partial charge on any atom is -0.494 e. The zero-order valence-corrected chi connectivity index (χ0v) is 27.9. The number of nitrogens with one attached hydrogen (secondary N) is 2. The van der Waals surface area contributed by atoms with Gasteiger partial charge < -0.3 is 15.4 Å². The maximum Gasteiger partial charge on any atom is 0.251 e. The van der Waals surface area contributed by atoms with Gasteiger partial charge in [0.1, 0.15) is 28.1 Å². The monoisotopic (exact) mass is 684 g/mol. The van der Waals surface area contributed by atoms with Crippen molar-refractivity contribution in [1.29, 1.82) is 0 Å². The van der Waals surface area contributed by atoms with Crippen LogP contribution in [0.1, 0.15) is 57.2 Å². The molecule has 0 saturated carbocycles. The molecular formula is C36H31Cl2FN6O3. The number of nitrogens with zero attached hydrogens (tertiary/aromatic N) is 4. The first-order valence-electron chi connectivity index (χ1n) is 15.8. The third kappa shape index (κ3) is 4.32. The van der Waals surface area contributed by atoms with Crippen LogP contribution in [0.5, 0.6) is 5.75 Å². The molecule has 2 N–H and O–H groups in total. The average Bonchev–Trinajstić information content (AvgIpc) is 3.76. The van der Waals surface area contributed by atoms with Crippen LogP contribution in [0.4, 0.5) is 10.2 Å². The lowest BCUT2D eigenvalue weighted by Gasteiger charge is -2.40. The van der Waals surface area contributed by atoms with Gasteiger partial charge in [0, 0.05) is 54.2 Å². The van der Waals surface area contributed by atoms with E-state index in [1.54, 1.807) is 31.3 Å². The number of rotatable bonds is 6. The quantitative estimate of drug-likeness (QED) is 0.197. The molecule has 8 rings (SSSR count).